The Balaban J connectivity index is 1.38. The summed E-state index contributed by atoms with van der Waals surface area (Å²) in [5.41, 5.74) is 15.7. The summed E-state index contributed by atoms with van der Waals surface area (Å²) in [5, 5.41) is 0. The molecule has 0 aromatic heterocycles. The van der Waals surface area contributed by atoms with E-state index in [0.717, 1.165) is 68.0 Å². The molecule has 0 aliphatic rings. The van der Waals surface area contributed by atoms with E-state index in [2.05, 4.69) is 200 Å². The van der Waals surface area contributed by atoms with Crippen molar-refractivity contribution in [2.45, 2.75) is 80.1 Å². The highest BCUT2D eigenvalue weighted by Crippen LogP contribution is 2.36. The lowest BCUT2D eigenvalue weighted by molar-refractivity contribution is 0.588. The van der Waals surface area contributed by atoms with Crippen LogP contribution in [0.2, 0.25) is 0 Å². The zero-order valence-corrected chi connectivity index (χ0v) is 38.8. The number of hydrogen-bond donors (Lipinski definition) is 0. The molecule has 0 amide bonds. The van der Waals surface area contributed by atoms with Crippen molar-refractivity contribution in [3.63, 3.8) is 0 Å². The molecule has 0 atom stereocenters. The summed E-state index contributed by atoms with van der Waals surface area (Å²) in [6, 6.07) is 23.0. The number of rotatable bonds is 4. The number of terminal acetylenes is 1. The minimum atomic E-state index is 0.0842. The fraction of sp³-hybridized carbons (Fsp3) is 0.240. The summed E-state index contributed by atoms with van der Waals surface area (Å²) in [4.78, 5) is 0. The largest absolute Gasteiger partial charge is 0.115 e. The van der Waals surface area contributed by atoms with Crippen LogP contribution in [-0.2, 0) is 10.8 Å². The van der Waals surface area contributed by atoms with Crippen molar-refractivity contribution in [1.29, 1.82) is 0 Å². The van der Waals surface area contributed by atoms with E-state index >= 15 is 0 Å². The molecule has 0 nitrogen and oxygen atoms in total. The predicted molar refractivity (Wildman–Crippen MR) is 242 cm³/mol. The number of hydrogen-bond acceptors (Lipinski definition) is 0. The van der Waals surface area contributed by atoms with Gasteiger partial charge in [0.25, 0.3) is 0 Å². The maximum absolute atomic E-state index is 5.86. The summed E-state index contributed by atoms with van der Waals surface area (Å²) in [5.74, 6) is 16.0. The zero-order valence-electron chi connectivity index (χ0n) is 32.4. The van der Waals surface area contributed by atoms with Gasteiger partial charge in [0, 0.05) is 45.7 Å². The van der Waals surface area contributed by atoms with Gasteiger partial charge >= 0.3 is 0 Å². The van der Waals surface area contributed by atoms with Crippen LogP contribution in [0.15, 0.2) is 84.6 Å². The van der Waals surface area contributed by atoms with Gasteiger partial charge in [-0.05, 0) is 137 Å². The van der Waals surface area contributed by atoms with Gasteiger partial charge in [0.2, 0.25) is 0 Å². The van der Waals surface area contributed by atoms with Gasteiger partial charge in [-0.1, -0.05) is 159 Å². The van der Waals surface area contributed by atoms with E-state index < -0.39 is 0 Å². The summed E-state index contributed by atoms with van der Waals surface area (Å²) < 4.78 is 3.63. The molecule has 0 saturated heterocycles. The van der Waals surface area contributed by atoms with Gasteiger partial charge in [-0.3, -0.25) is 0 Å². The number of halogens is 4. The van der Waals surface area contributed by atoms with E-state index in [1.54, 1.807) is 0 Å². The van der Waals surface area contributed by atoms with E-state index in [-0.39, 0.29) is 10.8 Å². The Morgan fingerprint density at radius 3 is 0.907 bits per heavy atom. The molecular weight excluding hydrogens is 920 g/mol. The topological polar surface area (TPSA) is 0 Å². The summed E-state index contributed by atoms with van der Waals surface area (Å²) in [6.45, 7) is 22.0. The van der Waals surface area contributed by atoms with Crippen LogP contribution in [0.1, 0.15) is 125 Å². The molecule has 5 rings (SSSR count). The average molecular weight is 963 g/mol. The Bertz CT molecular complexity index is 2200. The smallest absolute Gasteiger partial charge is 0.0531 e. The third kappa shape index (κ3) is 10.1. The number of benzene rings is 5. The van der Waals surface area contributed by atoms with Crippen molar-refractivity contribution in [3.8, 4) is 36.0 Å². The normalized spacial score (nSPS) is 11.4. The second kappa shape index (κ2) is 16.8. The lowest BCUT2D eigenvalue weighted by Gasteiger charge is -2.22. The first-order chi connectivity index (χ1) is 25.2. The minimum Gasteiger partial charge on any atom is -0.115 e. The molecule has 0 fully saturated rings. The van der Waals surface area contributed by atoms with Crippen LogP contribution in [0.4, 0.5) is 0 Å². The van der Waals surface area contributed by atoms with Crippen LogP contribution in [0.25, 0.3) is 0 Å². The molecule has 0 aliphatic heterocycles. The van der Waals surface area contributed by atoms with Gasteiger partial charge in [-0.15, -0.1) is 6.42 Å². The Labute approximate surface area is 357 Å². The molecule has 5 aromatic carbocycles. The van der Waals surface area contributed by atoms with Crippen LogP contribution < -0.4 is 0 Å². The van der Waals surface area contributed by atoms with Crippen molar-refractivity contribution in [1.82, 2.24) is 0 Å². The molecule has 0 N–H and O–H groups in total. The molecule has 270 valence electrons. The third-order valence-corrected chi connectivity index (χ3v) is 11.7. The van der Waals surface area contributed by atoms with E-state index in [9.17, 15) is 0 Å². The van der Waals surface area contributed by atoms with E-state index in [1.807, 2.05) is 42.5 Å². The van der Waals surface area contributed by atoms with Crippen LogP contribution in [0, 0.1) is 76.6 Å². The molecule has 0 heterocycles. The monoisotopic (exact) mass is 958 g/mol. The lowest BCUT2D eigenvalue weighted by Crippen LogP contribution is -2.12. The molecule has 4 heteroatoms. The maximum atomic E-state index is 5.86. The molecule has 0 saturated carbocycles. The Morgan fingerprint density at radius 1 is 0.389 bits per heavy atom. The summed E-state index contributed by atoms with van der Waals surface area (Å²) >= 11 is 15.1. The average Bonchev–Trinajstić information content (AvgIpc) is 3.07. The Kier molecular flexibility index (Phi) is 13.0. The first kappa shape index (κ1) is 41.9. The van der Waals surface area contributed by atoms with E-state index in [0.29, 0.717) is 0 Å². The quantitative estimate of drug-likeness (QED) is 0.158. The maximum Gasteiger partial charge on any atom is 0.0531 e. The first-order valence-electron chi connectivity index (χ1n) is 17.6. The van der Waals surface area contributed by atoms with E-state index in [1.165, 1.54) is 33.4 Å². The molecule has 4 radical (unpaired) electrons. The van der Waals surface area contributed by atoms with Crippen molar-refractivity contribution >= 4 is 63.7 Å². The highest BCUT2D eigenvalue weighted by molar-refractivity contribution is 9.11. The Morgan fingerprint density at radius 2 is 0.648 bits per heavy atom. The van der Waals surface area contributed by atoms with Crippen molar-refractivity contribution in [3.05, 3.63) is 181 Å². The third-order valence-electron chi connectivity index (χ3n) is 9.18. The lowest BCUT2D eigenvalue weighted by atomic mass is 9.83. The molecule has 0 bridgehead atoms. The van der Waals surface area contributed by atoms with Crippen molar-refractivity contribution < 1.29 is 0 Å². The summed E-state index contributed by atoms with van der Waals surface area (Å²) in [7, 11) is 0. The SMILES string of the molecule is C#Cc1cc(C#Cc2cc(Br)c([C]c3c(C)cc(C(C)(C)C)cc3C)c(Br)c2)cc(C#Cc2cc(Br)c([C]c3c(C)cc(C(C)(C)C)cc3C)c(Br)c2)c1. The van der Waals surface area contributed by atoms with Gasteiger partial charge in [-0.2, -0.15) is 0 Å². The first-order valence-corrected chi connectivity index (χ1v) is 20.8. The minimum absolute atomic E-state index is 0.0842. The molecule has 0 aliphatic carbocycles. The second-order valence-corrected chi connectivity index (χ2v) is 19.2. The van der Waals surface area contributed by atoms with Crippen LogP contribution in [0.3, 0.4) is 0 Å². The highest BCUT2D eigenvalue weighted by Gasteiger charge is 2.20. The van der Waals surface area contributed by atoms with Crippen LogP contribution in [0.5, 0.6) is 0 Å². The van der Waals surface area contributed by atoms with Crippen molar-refractivity contribution in [2.24, 2.45) is 0 Å². The van der Waals surface area contributed by atoms with Crippen molar-refractivity contribution in [2.75, 3.05) is 0 Å². The van der Waals surface area contributed by atoms with Gasteiger partial charge in [0.15, 0.2) is 0 Å². The van der Waals surface area contributed by atoms with Crippen LogP contribution >= 0.6 is 63.7 Å². The van der Waals surface area contributed by atoms with Gasteiger partial charge in [-0.25, -0.2) is 0 Å². The standard InChI is InChI=1S/C50H42Br4/c1-12-34-21-35(13-15-37-24-45(51)43(46(52)25-37)28-41-30(2)17-39(18-31(41)3)49(6,7)8)23-36(22-34)14-16-38-26-47(53)44(48(54)27-38)29-42-32(4)19-40(20-33(42)5)50(9,10)11/h1,17-27H,2-11H3. The van der Waals surface area contributed by atoms with Gasteiger partial charge in [0.1, 0.15) is 0 Å². The number of aryl methyl sites for hydroxylation is 4. The fourth-order valence-electron chi connectivity index (χ4n) is 6.11. The Hall–Kier alpha value is -3.30. The predicted octanol–water partition coefficient (Wildman–Crippen LogP) is 14.3. The molecule has 0 spiro atoms. The highest BCUT2D eigenvalue weighted by atomic mass is 79.9. The molecule has 0 unspecified atom stereocenters. The second-order valence-electron chi connectivity index (χ2n) is 15.8. The van der Waals surface area contributed by atoms with Gasteiger partial charge < -0.3 is 0 Å². The zero-order chi connectivity index (χ0) is 39.7. The van der Waals surface area contributed by atoms with E-state index in [4.69, 9.17) is 6.42 Å². The molecule has 5 aromatic rings. The summed E-state index contributed by atoms with van der Waals surface area (Å²) in [6.07, 6.45) is 13.2. The molecule has 54 heavy (non-hydrogen) atoms. The molecular formula is C50H42Br4. The van der Waals surface area contributed by atoms with Gasteiger partial charge in [0.05, 0.1) is 12.8 Å². The van der Waals surface area contributed by atoms with Crippen LogP contribution in [-0.4, -0.2) is 0 Å². The fourth-order valence-corrected chi connectivity index (χ4v) is 8.88.